The molecule has 0 aromatic carbocycles. The fraction of sp³-hybridized carbons (Fsp3) is 0.545. The molecule has 0 saturated heterocycles. The Balaban J connectivity index is 2.67. The highest BCUT2D eigenvalue weighted by Crippen LogP contribution is 2.54. The number of aromatic nitrogens is 6. The fourth-order valence-electron chi connectivity index (χ4n) is 1.84. The molecular weight excluding hydrogens is 409 g/mol. The van der Waals surface area contributed by atoms with Crippen LogP contribution < -0.4 is 0 Å². The van der Waals surface area contributed by atoms with Gasteiger partial charge in [-0.25, -0.2) is 4.79 Å². The summed E-state index contributed by atoms with van der Waals surface area (Å²) in [7, 11) is 0. The van der Waals surface area contributed by atoms with Gasteiger partial charge in [0.05, 0.1) is 18.1 Å². The van der Waals surface area contributed by atoms with E-state index in [2.05, 4.69) is 20.6 Å². The van der Waals surface area contributed by atoms with Crippen molar-refractivity contribution in [3.05, 3.63) is 23.8 Å². The first-order valence-corrected chi connectivity index (χ1v) is 8.08. The fourth-order valence-corrected chi connectivity index (χ4v) is 2.36. The van der Waals surface area contributed by atoms with Crippen LogP contribution in [0.5, 0.6) is 0 Å². The molecule has 0 aliphatic rings. The van der Waals surface area contributed by atoms with Gasteiger partial charge in [0.1, 0.15) is 5.69 Å². The van der Waals surface area contributed by atoms with Crippen molar-refractivity contribution in [1.82, 2.24) is 30.0 Å². The van der Waals surface area contributed by atoms with Crippen LogP contribution in [0.3, 0.4) is 0 Å². The number of nitrogens with zero attached hydrogens (tertiary/aromatic N) is 6. The maximum Gasteiger partial charge on any atom is 0.372 e. The molecule has 0 aliphatic heterocycles. The Hall–Kier alpha value is -0.600. The Morgan fingerprint density at radius 2 is 1.70 bits per heavy atom. The van der Waals surface area contributed by atoms with E-state index in [0.717, 1.165) is 9.36 Å². The van der Waals surface area contributed by atoms with Crippen LogP contribution in [-0.2, 0) is 9.75 Å². The molecule has 2 rings (SSSR count). The summed E-state index contributed by atoms with van der Waals surface area (Å²) in [6.45, 7) is 5.42. The maximum absolute atomic E-state index is 12.5. The predicted octanol–water partition coefficient (Wildman–Crippen LogP) is 3.68. The van der Waals surface area contributed by atoms with E-state index >= 15 is 0 Å². The standard InChI is InChI=1S/C11H11Cl5N6O/c1-9(2,3)7-6(10(12,13)11(14,15)16)18-20-22(7)8(23)21-5-4-17-19-21/h4-5H,1-3H3. The summed E-state index contributed by atoms with van der Waals surface area (Å²) in [5, 5.41) is 14.9. The smallest absolute Gasteiger partial charge is 0.243 e. The zero-order valence-electron chi connectivity index (χ0n) is 12.1. The number of hydrogen-bond acceptors (Lipinski definition) is 5. The second kappa shape index (κ2) is 6.04. The lowest BCUT2D eigenvalue weighted by Crippen LogP contribution is -2.34. The molecule has 0 saturated carbocycles. The van der Waals surface area contributed by atoms with E-state index in [1.807, 2.05) is 20.8 Å². The van der Waals surface area contributed by atoms with E-state index in [0.29, 0.717) is 0 Å². The average Bonchev–Trinajstić information content (AvgIpc) is 3.05. The molecule has 0 fully saturated rings. The van der Waals surface area contributed by atoms with E-state index in [9.17, 15) is 4.79 Å². The summed E-state index contributed by atoms with van der Waals surface area (Å²) in [4.78, 5) is 12.5. The summed E-state index contributed by atoms with van der Waals surface area (Å²) >= 11 is 29.9. The Bertz CT molecular complexity index is 712. The Morgan fingerprint density at radius 1 is 1.09 bits per heavy atom. The van der Waals surface area contributed by atoms with Crippen LogP contribution in [0.15, 0.2) is 12.4 Å². The molecule has 0 spiro atoms. The zero-order chi connectivity index (χ0) is 17.6. The maximum atomic E-state index is 12.5. The minimum absolute atomic E-state index is 0.0261. The van der Waals surface area contributed by atoms with E-state index in [4.69, 9.17) is 58.0 Å². The topological polar surface area (TPSA) is 78.5 Å². The zero-order valence-corrected chi connectivity index (χ0v) is 15.9. The molecule has 23 heavy (non-hydrogen) atoms. The molecule has 0 aliphatic carbocycles. The predicted molar refractivity (Wildman–Crippen MR) is 88.6 cm³/mol. The van der Waals surface area contributed by atoms with Gasteiger partial charge < -0.3 is 0 Å². The monoisotopic (exact) mass is 418 g/mol. The van der Waals surface area contributed by atoms with Gasteiger partial charge in [-0.2, -0.15) is 9.36 Å². The first-order valence-electron chi connectivity index (χ1n) is 6.19. The van der Waals surface area contributed by atoms with Crippen LogP contribution in [0.2, 0.25) is 0 Å². The summed E-state index contributed by atoms with van der Waals surface area (Å²) in [6.07, 6.45) is 2.71. The number of carbonyl (C=O) groups is 1. The van der Waals surface area contributed by atoms with Crippen LogP contribution in [0, 0.1) is 0 Å². The first kappa shape index (κ1) is 18.7. The lowest BCUT2D eigenvalue weighted by Gasteiger charge is -2.29. The van der Waals surface area contributed by atoms with Crippen molar-refractivity contribution in [2.45, 2.75) is 34.3 Å². The van der Waals surface area contributed by atoms with Crippen molar-refractivity contribution in [3.63, 3.8) is 0 Å². The highest BCUT2D eigenvalue weighted by Gasteiger charge is 2.52. The van der Waals surface area contributed by atoms with E-state index in [1.165, 1.54) is 12.4 Å². The molecule has 2 aromatic heterocycles. The van der Waals surface area contributed by atoms with Crippen molar-refractivity contribution < 1.29 is 4.79 Å². The molecule has 2 heterocycles. The second-order valence-electron chi connectivity index (χ2n) is 5.65. The van der Waals surface area contributed by atoms with Gasteiger partial charge in [-0.1, -0.05) is 89.2 Å². The van der Waals surface area contributed by atoms with Crippen molar-refractivity contribution in [2.24, 2.45) is 0 Å². The molecule has 12 heteroatoms. The van der Waals surface area contributed by atoms with Crippen LogP contribution >= 0.6 is 58.0 Å². The number of rotatable bonds is 1. The third-order valence-electron chi connectivity index (χ3n) is 2.83. The molecule has 126 valence electrons. The molecular formula is C11H11Cl5N6O. The quantitative estimate of drug-likeness (QED) is 0.658. The Labute approximate surface area is 156 Å². The van der Waals surface area contributed by atoms with E-state index < -0.39 is 19.6 Å². The number of alkyl halides is 5. The lowest BCUT2D eigenvalue weighted by molar-refractivity contribution is 0.235. The molecule has 0 radical (unpaired) electrons. The first-order chi connectivity index (χ1) is 10.4. The van der Waals surface area contributed by atoms with E-state index in [-0.39, 0.29) is 11.4 Å². The SMILES string of the molecule is CC(C)(C)c1c(C(Cl)(Cl)C(Cl)(Cl)Cl)nnn1C(=O)n1ccnn1. The summed E-state index contributed by atoms with van der Waals surface area (Å²) in [5.41, 5.74) is -0.379. The minimum Gasteiger partial charge on any atom is -0.243 e. The van der Waals surface area contributed by atoms with Gasteiger partial charge >= 0.3 is 6.03 Å². The van der Waals surface area contributed by atoms with Gasteiger partial charge in [0, 0.05) is 5.41 Å². The molecule has 0 unspecified atom stereocenters. The van der Waals surface area contributed by atoms with Gasteiger partial charge in [0.25, 0.3) is 0 Å². The highest BCUT2D eigenvalue weighted by molar-refractivity contribution is 6.75. The third kappa shape index (κ3) is 3.44. The van der Waals surface area contributed by atoms with Crippen LogP contribution in [0.4, 0.5) is 4.79 Å². The van der Waals surface area contributed by atoms with Gasteiger partial charge in [0.2, 0.25) is 8.13 Å². The summed E-state index contributed by atoms with van der Waals surface area (Å²) in [5.74, 6) is 0. The number of carbonyl (C=O) groups excluding carboxylic acids is 1. The molecule has 0 amide bonds. The van der Waals surface area contributed by atoms with Crippen molar-refractivity contribution in [3.8, 4) is 0 Å². The average molecular weight is 421 g/mol. The van der Waals surface area contributed by atoms with Gasteiger partial charge in [-0.05, 0) is 0 Å². The molecule has 0 N–H and O–H groups in total. The van der Waals surface area contributed by atoms with Gasteiger partial charge in [-0.15, -0.1) is 10.2 Å². The Kier molecular flexibility index (Phi) is 4.92. The highest BCUT2D eigenvalue weighted by atomic mass is 35.6. The van der Waals surface area contributed by atoms with Gasteiger partial charge in [-0.3, -0.25) is 0 Å². The summed E-state index contributed by atoms with van der Waals surface area (Å²) < 4.78 is -2.12. The van der Waals surface area contributed by atoms with Crippen molar-refractivity contribution in [1.29, 1.82) is 0 Å². The third-order valence-corrected chi connectivity index (χ3v) is 5.19. The summed E-state index contributed by atoms with van der Waals surface area (Å²) in [6, 6.07) is -0.625. The van der Waals surface area contributed by atoms with Crippen molar-refractivity contribution >= 4 is 64.0 Å². The molecule has 2 aromatic rings. The van der Waals surface area contributed by atoms with Crippen LogP contribution in [-0.4, -0.2) is 39.8 Å². The van der Waals surface area contributed by atoms with Crippen LogP contribution in [0.25, 0.3) is 0 Å². The largest absolute Gasteiger partial charge is 0.372 e. The van der Waals surface area contributed by atoms with Crippen molar-refractivity contribution in [2.75, 3.05) is 0 Å². The normalized spacial score (nSPS) is 13.4. The molecule has 0 atom stereocenters. The van der Waals surface area contributed by atoms with Crippen LogP contribution in [0.1, 0.15) is 32.2 Å². The molecule has 7 nitrogen and oxygen atoms in total. The second-order valence-corrected chi connectivity index (χ2v) is 9.26. The van der Waals surface area contributed by atoms with E-state index in [1.54, 1.807) is 0 Å². The number of halogens is 5. The Morgan fingerprint density at radius 3 is 2.13 bits per heavy atom. The lowest BCUT2D eigenvalue weighted by atomic mass is 9.89. The minimum atomic E-state index is -2.09. The number of hydrogen-bond donors (Lipinski definition) is 0. The van der Waals surface area contributed by atoms with Gasteiger partial charge in [0.15, 0.2) is 0 Å². The molecule has 0 bridgehead atoms.